The summed E-state index contributed by atoms with van der Waals surface area (Å²) in [7, 11) is 1.59. The van der Waals surface area contributed by atoms with Crippen LogP contribution >= 0.6 is 11.8 Å². The zero-order valence-electron chi connectivity index (χ0n) is 19.5. The fourth-order valence-electron chi connectivity index (χ4n) is 3.44. The van der Waals surface area contributed by atoms with Crippen LogP contribution in [-0.4, -0.2) is 18.9 Å². The lowest BCUT2D eigenvalue weighted by Crippen LogP contribution is -2.19. The first-order valence-electron chi connectivity index (χ1n) is 11.2. The molecule has 176 valence electrons. The number of carbonyl (C=O) groups excluding carboxylic acids is 2. The van der Waals surface area contributed by atoms with E-state index in [-0.39, 0.29) is 11.8 Å². The molecule has 4 rings (SSSR count). The van der Waals surface area contributed by atoms with Crippen LogP contribution in [0.15, 0.2) is 108 Å². The first-order valence-corrected chi connectivity index (χ1v) is 12.0. The van der Waals surface area contributed by atoms with E-state index in [0.29, 0.717) is 17.0 Å². The second-order valence-electron chi connectivity index (χ2n) is 7.97. The van der Waals surface area contributed by atoms with Crippen molar-refractivity contribution < 1.29 is 14.3 Å². The maximum Gasteiger partial charge on any atom is 0.255 e. The third-order valence-corrected chi connectivity index (χ3v) is 6.64. The molecule has 0 aromatic heterocycles. The van der Waals surface area contributed by atoms with E-state index in [2.05, 4.69) is 10.6 Å². The van der Waals surface area contributed by atoms with Gasteiger partial charge in [0.1, 0.15) is 11.0 Å². The molecule has 0 aliphatic carbocycles. The number of methoxy groups -OCH3 is 1. The van der Waals surface area contributed by atoms with Gasteiger partial charge in [-0.3, -0.25) is 9.59 Å². The van der Waals surface area contributed by atoms with E-state index in [1.54, 1.807) is 31.4 Å². The molecule has 0 radical (unpaired) electrons. The summed E-state index contributed by atoms with van der Waals surface area (Å²) in [5.74, 6) is 0.400. The lowest BCUT2D eigenvalue weighted by atomic mass is 10.1. The average molecular weight is 483 g/mol. The fourth-order valence-corrected chi connectivity index (χ4v) is 4.47. The lowest BCUT2D eigenvalue weighted by molar-refractivity contribution is -0.115. The van der Waals surface area contributed by atoms with Crippen LogP contribution in [0.4, 0.5) is 11.4 Å². The van der Waals surface area contributed by atoms with Crippen molar-refractivity contribution in [3.8, 4) is 5.75 Å². The standard InChI is InChI=1S/C29H26N2O3S/c1-20-8-12-23(13-9-20)31-29(33)27(21-6-4-3-5-7-21)35-26-18-14-24(15-19-26)30-28(32)22-10-16-25(34-2)17-11-22/h3-19,27H,1-2H3,(H,30,32)(H,31,33). The van der Waals surface area contributed by atoms with Crippen LogP contribution < -0.4 is 15.4 Å². The zero-order chi connectivity index (χ0) is 24.6. The summed E-state index contributed by atoms with van der Waals surface area (Å²) in [5, 5.41) is 5.49. The molecular formula is C29H26N2O3S. The monoisotopic (exact) mass is 482 g/mol. The van der Waals surface area contributed by atoms with Gasteiger partial charge < -0.3 is 15.4 Å². The second kappa shape index (κ2) is 11.4. The molecule has 2 amide bonds. The largest absolute Gasteiger partial charge is 0.497 e. The van der Waals surface area contributed by atoms with Gasteiger partial charge in [0.05, 0.1) is 7.11 Å². The summed E-state index contributed by atoms with van der Waals surface area (Å²) in [6, 6.07) is 31.9. The Morgan fingerprint density at radius 2 is 1.34 bits per heavy atom. The van der Waals surface area contributed by atoms with E-state index in [0.717, 1.165) is 21.7 Å². The molecule has 2 N–H and O–H groups in total. The molecule has 0 saturated carbocycles. The van der Waals surface area contributed by atoms with Gasteiger partial charge in [-0.05, 0) is 73.2 Å². The van der Waals surface area contributed by atoms with E-state index in [1.165, 1.54) is 11.8 Å². The van der Waals surface area contributed by atoms with Gasteiger partial charge in [-0.1, -0.05) is 48.0 Å². The number of benzene rings is 4. The normalized spacial score (nSPS) is 11.4. The number of amides is 2. The highest BCUT2D eigenvalue weighted by molar-refractivity contribution is 8.00. The van der Waals surface area contributed by atoms with Crippen molar-refractivity contribution in [1.82, 2.24) is 0 Å². The van der Waals surface area contributed by atoms with Gasteiger partial charge in [0.2, 0.25) is 5.91 Å². The van der Waals surface area contributed by atoms with Gasteiger partial charge in [-0.15, -0.1) is 11.8 Å². The molecule has 0 spiro atoms. The molecule has 4 aromatic rings. The predicted octanol–water partition coefficient (Wildman–Crippen LogP) is 6.73. The van der Waals surface area contributed by atoms with Crippen molar-refractivity contribution >= 4 is 35.0 Å². The molecule has 0 saturated heterocycles. The quantitative estimate of drug-likeness (QED) is 0.273. The lowest BCUT2D eigenvalue weighted by Gasteiger charge is -2.17. The molecular weight excluding hydrogens is 456 g/mol. The first kappa shape index (κ1) is 24.1. The Morgan fingerprint density at radius 1 is 0.743 bits per heavy atom. The molecule has 1 atom stereocenters. The van der Waals surface area contributed by atoms with Crippen molar-refractivity contribution in [1.29, 1.82) is 0 Å². The summed E-state index contributed by atoms with van der Waals surface area (Å²) >= 11 is 1.46. The number of nitrogens with one attached hydrogen (secondary N) is 2. The molecule has 1 unspecified atom stereocenters. The Bertz CT molecular complexity index is 1270. The summed E-state index contributed by atoms with van der Waals surface area (Å²) < 4.78 is 5.14. The molecule has 0 fully saturated rings. The van der Waals surface area contributed by atoms with E-state index in [9.17, 15) is 9.59 Å². The van der Waals surface area contributed by atoms with Crippen molar-refractivity contribution in [3.63, 3.8) is 0 Å². The van der Waals surface area contributed by atoms with Crippen LogP contribution in [0.1, 0.15) is 26.7 Å². The van der Waals surface area contributed by atoms with Crippen LogP contribution in [0.2, 0.25) is 0 Å². The third kappa shape index (κ3) is 6.52. The van der Waals surface area contributed by atoms with Crippen LogP contribution in [0, 0.1) is 6.92 Å². The smallest absolute Gasteiger partial charge is 0.255 e. The first-order chi connectivity index (χ1) is 17.0. The molecule has 0 bridgehead atoms. The summed E-state index contributed by atoms with van der Waals surface area (Å²) in [5.41, 5.74) is 4.03. The van der Waals surface area contributed by atoms with Gasteiger partial charge in [-0.25, -0.2) is 0 Å². The van der Waals surface area contributed by atoms with Crippen LogP contribution in [0.5, 0.6) is 5.75 Å². The number of ether oxygens (including phenoxy) is 1. The third-order valence-electron chi connectivity index (χ3n) is 5.38. The molecule has 4 aromatic carbocycles. The Balaban J connectivity index is 1.46. The van der Waals surface area contributed by atoms with Crippen molar-refractivity contribution in [3.05, 3.63) is 120 Å². The molecule has 0 aliphatic rings. The van der Waals surface area contributed by atoms with Gasteiger partial charge in [0.15, 0.2) is 0 Å². The Kier molecular flexibility index (Phi) is 7.85. The second-order valence-corrected chi connectivity index (χ2v) is 9.15. The Morgan fingerprint density at radius 3 is 1.97 bits per heavy atom. The van der Waals surface area contributed by atoms with Crippen molar-refractivity contribution in [2.45, 2.75) is 17.1 Å². The molecule has 5 nitrogen and oxygen atoms in total. The van der Waals surface area contributed by atoms with Gasteiger partial charge >= 0.3 is 0 Å². The van der Waals surface area contributed by atoms with E-state index >= 15 is 0 Å². The molecule has 0 aliphatic heterocycles. The number of aryl methyl sites for hydroxylation is 1. The molecule has 35 heavy (non-hydrogen) atoms. The number of anilines is 2. The SMILES string of the molecule is COc1ccc(C(=O)Nc2ccc(SC(C(=O)Nc3ccc(C)cc3)c3ccccc3)cc2)cc1. The Labute approximate surface area is 209 Å². The average Bonchev–Trinajstić information content (AvgIpc) is 2.90. The summed E-state index contributed by atoms with van der Waals surface area (Å²) in [6.45, 7) is 2.01. The predicted molar refractivity (Wildman–Crippen MR) is 142 cm³/mol. The topological polar surface area (TPSA) is 67.4 Å². The number of hydrogen-bond acceptors (Lipinski definition) is 4. The number of rotatable bonds is 8. The zero-order valence-corrected chi connectivity index (χ0v) is 20.3. The number of thioether (sulfide) groups is 1. The maximum atomic E-state index is 13.2. The minimum Gasteiger partial charge on any atom is -0.497 e. The number of carbonyl (C=O) groups is 2. The molecule has 0 heterocycles. The van der Waals surface area contributed by atoms with Crippen LogP contribution in [-0.2, 0) is 4.79 Å². The summed E-state index contributed by atoms with van der Waals surface area (Å²) in [6.07, 6.45) is 0. The van der Waals surface area contributed by atoms with Gasteiger partial charge in [0, 0.05) is 21.8 Å². The summed E-state index contributed by atoms with van der Waals surface area (Å²) in [4.78, 5) is 26.7. The van der Waals surface area contributed by atoms with E-state index < -0.39 is 5.25 Å². The Hall–Kier alpha value is -4.03. The van der Waals surface area contributed by atoms with E-state index in [4.69, 9.17) is 4.74 Å². The minimum absolute atomic E-state index is 0.0954. The minimum atomic E-state index is -0.433. The van der Waals surface area contributed by atoms with Crippen LogP contribution in [0.25, 0.3) is 0 Å². The fraction of sp³-hybridized carbons (Fsp3) is 0.103. The highest BCUT2D eigenvalue weighted by Gasteiger charge is 2.22. The van der Waals surface area contributed by atoms with Crippen molar-refractivity contribution in [2.24, 2.45) is 0 Å². The van der Waals surface area contributed by atoms with E-state index in [1.807, 2.05) is 85.8 Å². The van der Waals surface area contributed by atoms with Gasteiger partial charge in [-0.2, -0.15) is 0 Å². The molecule has 6 heteroatoms. The highest BCUT2D eigenvalue weighted by atomic mass is 32.2. The van der Waals surface area contributed by atoms with Crippen LogP contribution in [0.3, 0.4) is 0 Å². The maximum absolute atomic E-state index is 13.2. The highest BCUT2D eigenvalue weighted by Crippen LogP contribution is 2.36. The number of hydrogen-bond donors (Lipinski definition) is 2. The van der Waals surface area contributed by atoms with Crippen molar-refractivity contribution in [2.75, 3.05) is 17.7 Å². The van der Waals surface area contributed by atoms with Gasteiger partial charge in [0.25, 0.3) is 5.91 Å².